The highest BCUT2D eigenvalue weighted by atomic mass is 79.9. The van der Waals surface area contributed by atoms with Gasteiger partial charge in [0.25, 0.3) is 0 Å². The molecule has 0 saturated heterocycles. The molecule has 0 unspecified atom stereocenters. The molecule has 0 radical (unpaired) electrons. The fourth-order valence-electron chi connectivity index (χ4n) is 2.75. The predicted molar refractivity (Wildman–Crippen MR) is 106 cm³/mol. The number of halogens is 1. The number of aromatic nitrogens is 2. The van der Waals surface area contributed by atoms with E-state index in [4.69, 9.17) is 0 Å². The Balaban J connectivity index is 2.17. The molecule has 2 N–H and O–H groups in total. The number of likely N-dealkylation sites (N-methyl/N-ethyl adjacent to an activating group) is 1. The summed E-state index contributed by atoms with van der Waals surface area (Å²) in [5.41, 5.74) is 4.92. The molecule has 0 amide bonds. The van der Waals surface area contributed by atoms with E-state index < -0.39 is 0 Å². The van der Waals surface area contributed by atoms with Gasteiger partial charge in [0.1, 0.15) is 10.3 Å². The van der Waals surface area contributed by atoms with Crippen molar-refractivity contribution in [3.05, 3.63) is 33.7 Å². The number of rotatable bonds is 7. The van der Waals surface area contributed by atoms with E-state index in [0.717, 1.165) is 54.9 Å². The molecule has 0 saturated carbocycles. The molecular formula is C18H26BrN5. The lowest BCUT2D eigenvalue weighted by Gasteiger charge is -2.17. The molecule has 0 spiro atoms. The summed E-state index contributed by atoms with van der Waals surface area (Å²) in [6, 6.07) is 0. The highest BCUT2D eigenvalue weighted by molar-refractivity contribution is 9.10. The highest BCUT2D eigenvalue weighted by Gasteiger charge is 2.13. The summed E-state index contributed by atoms with van der Waals surface area (Å²) in [6.07, 6.45) is 10.2. The smallest absolute Gasteiger partial charge is 0.151 e. The number of anilines is 1. The van der Waals surface area contributed by atoms with Crippen LogP contribution in [0, 0.1) is 0 Å². The first kappa shape index (κ1) is 18.8. The van der Waals surface area contributed by atoms with Crippen LogP contribution in [0.5, 0.6) is 0 Å². The molecule has 24 heavy (non-hydrogen) atoms. The molecule has 1 heterocycles. The van der Waals surface area contributed by atoms with Gasteiger partial charge in [-0.1, -0.05) is 13.0 Å². The lowest BCUT2D eigenvalue weighted by molar-refractivity contribution is 0.795. The first-order valence-corrected chi connectivity index (χ1v) is 9.24. The Bertz CT molecular complexity index is 649. The lowest BCUT2D eigenvalue weighted by Crippen LogP contribution is -2.13. The van der Waals surface area contributed by atoms with Crippen molar-refractivity contribution < 1.29 is 0 Å². The maximum absolute atomic E-state index is 4.67. The molecule has 1 aliphatic rings. The van der Waals surface area contributed by atoms with Crippen LogP contribution in [0.25, 0.3) is 6.08 Å². The zero-order valence-electron chi connectivity index (χ0n) is 14.7. The third-order valence-electron chi connectivity index (χ3n) is 4.08. The number of allylic oxidation sites excluding steroid dienone is 3. The maximum Gasteiger partial charge on any atom is 0.151 e. The Hall–Kier alpha value is -1.53. The second-order valence-corrected chi connectivity index (χ2v) is 6.50. The van der Waals surface area contributed by atoms with E-state index in [2.05, 4.69) is 60.6 Å². The molecule has 130 valence electrons. The number of aliphatic imine (C=N–C) groups is 1. The quantitative estimate of drug-likeness (QED) is 0.692. The summed E-state index contributed by atoms with van der Waals surface area (Å²) in [4.78, 5) is 13.6. The van der Waals surface area contributed by atoms with Crippen LogP contribution in [0.2, 0.25) is 0 Å². The predicted octanol–water partition coefficient (Wildman–Crippen LogP) is 3.84. The summed E-state index contributed by atoms with van der Waals surface area (Å²) in [7, 11) is 3.83. The molecule has 0 fully saturated rings. The van der Waals surface area contributed by atoms with Gasteiger partial charge in [0.15, 0.2) is 5.82 Å². The molecule has 0 bridgehead atoms. The van der Waals surface area contributed by atoms with Gasteiger partial charge < -0.3 is 10.6 Å². The normalized spacial score (nSPS) is 17.1. The Morgan fingerprint density at radius 1 is 1.38 bits per heavy atom. The number of hydrogen-bond acceptors (Lipinski definition) is 5. The van der Waals surface area contributed by atoms with Gasteiger partial charge in [-0.3, -0.25) is 4.99 Å². The summed E-state index contributed by atoms with van der Waals surface area (Å²) < 4.78 is 0.750. The van der Waals surface area contributed by atoms with Gasteiger partial charge in [-0.2, -0.15) is 0 Å². The first-order chi connectivity index (χ1) is 11.7. The number of hydrogen-bond donors (Lipinski definition) is 2. The Kier molecular flexibility index (Phi) is 7.59. The lowest BCUT2D eigenvalue weighted by atomic mass is 9.90. The molecule has 6 heteroatoms. The zero-order chi connectivity index (χ0) is 17.4. The van der Waals surface area contributed by atoms with Crippen molar-refractivity contribution in [1.82, 2.24) is 15.3 Å². The summed E-state index contributed by atoms with van der Waals surface area (Å²) in [5.74, 6) is 0.801. The SMILES string of the molecule is CC/C(=C\c1nc(Br)cnc1NC)C1=CCC(=NCCNC)CC1. The van der Waals surface area contributed by atoms with Gasteiger partial charge >= 0.3 is 0 Å². The Morgan fingerprint density at radius 2 is 2.21 bits per heavy atom. The molecule has 0 aliphatic heterocycles. The van der Waals surface area contributed by atoms with Crippen molar-refractivity contribution in [2.75, 3.05) is 32.5 Å². The molecule has 5 nitrogen and oxygen atoms in total. The van der Waals surface area contributed by atoms with Crippen LogP contribution in [0.15, 0.2) is 33.0 Å². The zero-order valence-corrected chi connectivity index (χ0v) is 16.3. The molecule has 1 aliphatic carbocycles. The van der Waals surface area contributed by atoms with Gasteiger partial charge in [-0.25, -0.2) is 9.97 Å². The minimum atomic E-state index is 0.750. The van der Waals surface area contributed by atoms with E-state index >= 15 is 0 Å². The van der Waals surface area contributed by atoms with Crippen LogP contribution < -0.4 is 10.6 Å². The van der Waals surface area contributed by atoms with Crippen molar-refractivity contribution >= 4 is 33.5 Å². The van der Waals surface area contributed by atoms with E-state index in [1.165, 1.54) is 16.9 Å². The highest BCUT2D eigenvalue weighted by Crippen LogP contribution is 2.28. The van der Waals surface area contributed by atoms with Crippen LogP contribution in [0.4, 0.5) is 5.82 Å². The first-order valence-electron chi connectivity index (χ1n) is 8.45. The van der Waals surface area contributed by atoms with E-state index in [1.54, 1.807) is 6.20 Å². The minimum Gasteiger partial charge on any atom is -0.371 e. The topological polar surface area (TPSA) is 62.2 Å². The van der Waals surface area contributed by atoms with Crippen LogP contribution >= 0.6 is 15.9 Å². The van der Waals surface area contributed by atoms with Gasteiger partial charge in [-0.05, 0) is 59.5 Å². The number of nitrogens with one attached hydrogen (secondary N) is 2. The van der Waals surface area contributed by atoms with Crippen molar-refractivity contribution in [3.63, 3.8) is 0 Å². The van der Waals surface area contributed by atoms with Crippen LogP contribution in [-0.4, -0.2) is 42.9 Å². The summed E-state index contributed by atoms with van der Waals surface area (Å²) in [6.45, 7) is 3.99. The van der Waals surface area contributed by atoms with E-state index in [0.29, 0.717) is 0 Å². The summed E-state index contributed by atoms with van der Waals surface area (Å²) in [5, 5.41) is 6.24. The van der Waals surface area contributed by atoms with Crippen molar-refractivity contribution in [3.8, 4) is 0 Å². The fourth-order valence-corrected chi connectivity index (χ4v) is 3.04. The van der Waals surface area contributed by atoms with Gasteiger partial charge in [0.2, 0.25) is 0 Å². The Labute approximate surface area is 152 Å². The van der Waals surface area contributed by atoms with Crippen LogP contribution in [-0.2, 0) is 0 Å². The number of nitrogens with zero attached hydrogens (tertiary/aromatic N) is 3. The van der Waals surface area contributed by atoms with Crippen LogP contribution in [0.3, 0.4) is 0 Å². The van der Waals surface area contributed by atoms with E-state index in [-0.39, 0.29) is 0 Å². The average Bonchev–Trinajstić information content (AvgIpc) is 2.61. The van der Waals surface area contributed by atoms with Crippen molar-refractivity contribution in [1.29, 1.82) is 0 Å². The average molecular weight is 392 g/mol. The second-order valence-electron chi connectivity index (χ2n) is 5.68. The van der Waals surface area contributed by atoms with Gasteiger partial charge in [0, 0.05) is 25.7 Å². The van der Waals surface area contributed by atoms with Crippen LogP contribution in [0.1, 0.15) is 38.3 Å². The molecule has 0 atom stereocenters. The van der Waals surface area contributed by atoms with E-state index in [1.807, 2.05) is 14.1 Å². The van der Waals surface area contributed by atoms with E-state index in [9.17, 15) is 0 Å². The van der Waals surface area contributed by atoms with Crippen molar-refractivity contribution in [2.24, 2.45) is 4.99 Å². The standard InChI is InChI=1S/C18H26BrN5/c1-4-13(11-16-18(21-3)23-12-17(19)24-16)14-5-7-15(8-6-14)22-10-9-20-2/h5,11-12,20H,4,6-10H2,1-3H3,(H,21,23)/b13-11+,22-15?. The Morgan fingerprint density at radius 3 is 2.83 bits per heavy atom. The second kappa shape index (κ2) is 9.69. The molecule has 1 aromatic rings. The van der Waals surface area contributed by atoms with Crippen molar-refractivity contribution in [2.45, 2.75) is 32.6 Å². The van der Waals surface area contributed by atoms with Gasteiger partial charge in [-0.15, -0.1) is 0 Å². The minimum absolute atomic E-state index is 0.750. The largest absolute Gasteiger partial charge is 0.371 e. The summed E-state index contributed by atoms with van der Waals surface area (Å²) >= 11 is 3.41. The third-order valence-corrected chi connectivity index (χ3v) is 4.46. The van der Waals surface area contributed by atoms with Gasteiger partial charge in [0.05, 0.1) is 12.7 Å². The molecular weight excluding hydrogens is 366 g/mol. The monoisotopic (exact) mass is 391 g/mol. The maximum atomic E-state index is 4.67. The molecule has 2 rings (SSSR count). The molecule has 1 aromatic heterocycles. The molecule has 0 aromatic carbocycles. The fraction of sp³-hybridized carbons (Fsp3) is 0.500. The third kappa shape index (κ3) is 5.24.